The minimum Gasteiger partial charge on any atom is -0.439 e. The van der Waals surface area contributed by atoms with Crippen LogP contribution in [-0.2, 0) is 6.42 Å². The van der Waals surface area contributed by atoms with Crippen LogP contribution in [-0.4, -0.2) is 11.0 Å². The van der Waals surface area contributed by atoms with Crippen molar-refractivity contribution in [3.05, 3.63) is 52.4 Å². The largest absolute Gasteiger partial charge is 0.439 e. The number of ether oxygens (including phenoxy) is 1. The lowest BCUT2D eigenvalue weighted by Crippen LogP contribution is -2.18. The van der Waals surface area contributed by atoms with E-state index in [-0.39, 0.29) is 11.9 Å². The van der Waals surface area contributed by atoms with Crippen molar-refractivity contribution in [2.45, 2.75) is 19.4 Å². The van der Waals surface area contributed by atoms with Gasteiger partial charge in [0.05, 0.1) is 0 Å². The van der Waals surface area contributed by atoms with Crippen LogP contribution >= 0.6 is 15.9 Å². The van der Waals surface area contributed by atoms with Gasteiger partial charge in [-0.25, -0.2) is 9.37 Å². The molecule has 0 saturated carbocycles. The highest BCUT2D eigenvalue weighted by Gasteiger charge is 2.09. The third-order valence-corrected chi connectivity index (χ3v) is 2.90. The molecule has 19 heavy (non-hydrogen) atoms. The molecule has 100 valence electrons. The van der Waals surface area contributed by atoms with E-state index in [1.54, 1.807) is 12.3 Å². The van der Waals surface area contributed by atoms with E-state index in [0.717, 1.165) is 5.56 Å². The molecule has 0 spiro atoms. The smallest absolute Gasteiger partial charge is 0.222 e. The van der Waals surface area contributed by atoms with Gasteiger partial charge in [0, 0.05) is 28.3 Å². The van der Waals surface area contributed by atoms with Crippen LogP contribution < -0.4 is 10.5 Å². The Morgan fingerprint density at radius 3 is 2.89 bits per heavy atom. The van der Waals surface area contributed by atoms with Gasteiger partial charge in [-0.1, -0.05) is 22.0 Å². The average molecular weight is 325 g/mol. The number of halogens is 2. The average Bonchev–Trinajstić information content (AvgIpc) is 2.29. The second-order valence-corrected chi connectivity index (χ2v) is 5.27. The molecular formula is C14H14BrFN2O. The quantitative estimate of drug-likeness (QED) is 0.933. The molecule has 0 amide bonds. The van der Waals surface area contributed by atoms with Crippen LogP contribution in [0.15, 0.2) is 41.0 Å². The number of nitrogens with zero attached hydrogens (tertiary/aromatic N) is 1. The van der Waals surface area contributed by atoms with Gasteiger partial charge in [-0.05, 0) is 31.5 Å². The second-order valence-electron chi connectivity index (χ2n) is 4.36. The minimum atomic E-state index is -0.367. The third-order valence-electron chi connectivity index (χ3n) is 2.44. The highest BCUT2D eigenvalue weighted by molar-refractivity contribution is 9.10. The zero-order valence-corrected chi connectivity index (χ0v) is 12.0. The Kier molecular flexibility index (Phi) is 4.50. The molecule has 1 aromatic heterocycles. The molecule has 3 nitrogen and oxygen atoms in total. The molecule has 0 aliphatic rings. The molecular weight excluding hydrogens is 311 g/mol. The summed E-state index contributed by atoms with van der Waals surface area (Å²) in [5, 5.41) is 0. The Morgan fingerprint density at radius 1 is 1.42 bits per heavy atom. The summed E-state index contributed by atoms with van der Waals surface area (Å²) < 4.78 is 19.5. The standard InChI is InChI=1S/C14H14BrFN2O/c1-9(17)5-10-3-2-4-18-14(10)19-13-7-11(15)6-12(16)8-13/h2-4,6-9H,5,17H2,1H3. The number of hydrogen-bond acceptors (Lipinski definition) is 3. The predicted molar refractivity (Wildman–Crippen MR) is 75.8 cm³/mol. The summed E-state index contributed by atoms with van der Waals surface area (Å²) in [4.78, 5) is 4.17. The maximum atomic E-state index is 13.3. The highest BCUT2D eigenvalue weighted by atomic mass is 79.9. The summed E-state index contributed by atoms with van der Waals surface area (Å²) in [6.07, 6.45) is 2.29. The van der Waals surface area contributed by atoms with Crippen molar-refractivity contribution in [2.75, 3.05) is 0 Å². The van der Waals surface area contributed by atoms with Crippen molar-refractivity contribution in [1.29, 1.82) is 0 Å². The Hall–Kier alpha value is -1.46. The topological polar surface area (TPSA) is 48.1 Å². The summed E-state index contributed by atoms with van der Waals surface area (Å²) in [6.45, 7) is 1.91. The van der Waals surface area contributed by atoms with Crippen molar-refractivity contribution in [3.63, 3.8) is 0 Å². The number of aromatic nitrogens is 1. The highest BCUT2D eigenvalue weighted by Crippen LogP contribution is 2.27. The molecule has 1 atom stereocenters. The third kappa shape index (κ3) is 4.01. The first-order chi connectivity index (χ1) is 9.04. The molecule has 2 N–H and O–H groups in total. The number of hydrogen-bond donors (Lipinski definition) is 1. The lowest BCUT2D eigenvalue weighted by Gasteiger charge is -2.11. The van der Waals surface area contributed by atoms with E-state index in [1.807, 2.05) is 19.1 Å². The lowest BCUT2D eigenvalue weighted by molar-refractivity contribution is 0.449. The first kappa shape index (κ1) is 14.0. The fourth-order valence-electron chi connectivity index (χ4n) is 1.72. The van der Waals surface area contributed by atoms with Gasteiger partial charge in [0.25, 0.3) is 0 Å². The first-order valence-electron chi connectivity index (χ1n) is 5.88. The van der Waals surface area contributed by atoms with E-state index < -0.39 is 0 Å². The molecule has 0 bridgehead atoms. The molecule has 0 aliphatic carbocycles. The first-order valence-corrected chi connectivity index (χ1v) is 6.67. The molecule has 5 heteroatoms. The van der Waals surface area contributed by atoms with Crippen LogP contribution in [0.5, 0.6) is 11.6 Å². The Bertz CT molecular complexity index is 555. The number of benzene rings is 1. The number of pyridine rings is 1. The predicted octanol–water partition coefficient (Wildman–Crippen LogP) is 3.67. The van der Waals surface area contributed by atoms with Crippen LogP contribution in [0.1, 0.15) is 12.5 Å². The van der Waals surface area contributed by atoms with Gasteiger partial charge in [0.2, 0.25) is 5.88 Å². The van der Waals surface area contributed by atoms with Gasteiger partial charge in [0.15, 0.2) is 0 Å². The van der Waals surface area contributed by atoms with E-state index in [9.17, 15) is 4.39 Å². The summed E-state index contributed by atoms with van der Waals surface area (Å²) in [5.41, 5.74) is 6.68. The van der Waals surface area contributed by atoms with Crippen molar-refractivity contribution in [2.24, 2.45) is 5.73 Å². The number of nitrogens with two attached hydrogens (primary N) is 1. The molecule has 0 radical (unpaired) electrons. The monoisotopic (exact) mass is 324 g/mol. The molecule has 0 saturated heterocycles. The molecule has 0 aliphatic heterocycles. The van der Waals surface area contributed by atoms with Crippen molar-refractivity contribution >= 4 is 15.9 Å². The van der Waals surface area contributed by atoms with E-state index in [1.165, 1.54) is 12.1 Å². The van der Waals surface area contributed by atoms with Gasteiger partial charge in [-0.3, -0.25) is 0 Å². The van der Waals surface area contributed by atoms with Gasteiger partial charge in [-0.15, -0.1) is 0 Å². The van der Waals surface area contributed by atoms with E-state index in [4.69, 9.17) is 10.5 Å². The molecule has 2 aromatic rings. The Morgan fingerprint density at radius 2 is 2.21 bits per heavy atom. The van der Waals surface area contributed by atoms with Crippen LogP contribution in [0.25, 0.3) is 0 Å². The van der Waals surface area contributed by atoms with Gasteiger partial charge < -0.3 is 10.5 Å². The zero-order valence-electron chi connectivity index (χ0n) is 10.4. The SMILES string of the molecule is CC(N)Cc1cccnc1Oc1cc(F)cc(Br)c1. The maximum Gasteiger partial charge on any atom is 0.222 e. The fourth-order valence-corrected chi connectivity index (χ4v) is 2.16. The molecule has 2 rings (SSSR count). The summed E-state index contributed by atoms with van der Waals surface area (Å²) in [6, 6.07) is 8.11. The van der Waals surface area contributed by atoms with Crippen LogP contribution in [0.2, 0.25) is 0 Å². The minimum absolute atomic E-state index is 0.00537. The van der Waals surface area contributed by atoms with Crippen molar-refractivity contribution in [3.8, 4) is 11.6 Å². The van der Waals surface area contributed by atoms with Crippen LogP contribution in [0, 0.1) is 5.82 Å². The Labute approximate surface area is 119 Å². The fraction of sp³-hybridized carbons (Fsp3) is 0.214. The normalized spacial score (nSPS) is 12.2. The van der Waals surface area contributed by atoms with Crippen molar-refractivity contribution < 1.29 is 9.13 Å². The second kappa shape index (κ2) is 6.12. The molecule has 1 unspecified atom stereocenters. The van der Waals surface area contributed by atoms with E-state index in [2.05, 4.69) is 20.9 Å². The van der Waals surface area contributed by atoms with Gasteiger partial charge >= 0.3 is 0 Å². The van der Waals surface area contributed by atoms with E-state index in [0.29, 0.717) is 22.5 Å². The molecule has 1 heterocycles. The van der Waals surface area contributed by atoms with E-state index >= 15 is 0 Å². The number of rotatable bonds is 4. The molecule has 0 fully saturated rings. The summed E-state index contributed by atoms with van der Waals surface area (Å²) >= 11 is 3.22. The zero-order chi connectivity index (χ0) is 13.8. The summed E-state index contributed by atoms with van der Waals surface area (Å²) in [7, 11) is 0. The maximum absolute atomic E-state index is 13.3. The Balaban J connectivity index is 2.27. The lowest BCUT2D eigenvalue weighted by atomic mass is 10.1. The summed E-state index contributed by atoms with van der Waals surface area (Å²) in [5.74, 6) is 0.489. The van der Waals surface area contributed by atoms with Crippen LogP contribution in [0.4, 0.5) is 4.39 Å². The van der Waals surface area contributed by atoms with Gasteiger partial charge in [-0.2, -0.15) is 0 Å². The van der Waals surface area contributed by atoms with Gasteiger partial charge in [0.1, 0.15) is 11.6 Å². The van der Waals surface area contributed by atoms with Crippen LogP contribution in [0.3, 0.4) is 0 Å². The molecule has 1 aromatic carbocycles. The van der Waals surface area contributed by atoms with Crippen molar-refractivity contribution in [1.82, 2.24) is 4.98 Å².